The molecule has 1 N–H and O–H groups in total. The first-order valence-corrected chi connectivity index (χ1v) is 4.35. The minimum absolute atomic E-state index is 0.0294. The van der Waals surface area contributed by atoms with E-state index in [9.17, 15) is 0 Å². The first kappa shape index (κ1) is 11.9. The van der Waals surface area contributed by atoms with Gasteiger partial charge in [0.15, 0.2) is 0 Å². The first-order valence-electron chi connectivity index (χ1n) is 4.35. The van der Waals surface area contributed by atoms with Gasteiger partial charge in [0.2, 0.25) is 0 Å². The lowest BCUT2D eigenvalue weighted by Gasteiger charge is -2.25. The zero-order valence-corrected chi connectivity index (χ0v) is 7.90. The van der Waals surface area contributed by atoms with E-state index in [0.717, 1.165) is 0 Å². The smallest absolute Gasteiger partial charge is 0.0635 e. The number of hydrogen-bond acceptors (Lipinski definition) is 4. The van der Waals surface area contributed by atoms with Gasteiger partial charge in [-0.3, -0.25) is 4.90 Å². The van der Waals surface area contributed by atoms with Crippen molar-refractivity contribution in [3.63, 3.8) is 0 Å². The van der Waals surface area contributed by atoms with Crippen molar-refractivity contribution in [1.82, 2.24) is 4.90 Å². The third-order valence-electron chi connectivity index (χ3n) is 1.91. The summed E-state index contributed by atoms with van der Waals surface area (Å²) in [5.74, 6) is 0. The molecule has 0 aromatic rings. The Labute approximate surface area is 79.0 Å². The van der Waals surface area contributed by atoms with Crippen LogP contribution in [0.2, 0.25) is 0 Å². The summed E-state index contributed by atoms with van der Waals surface area (Å²) >= 11 is 0. The molecule has 13 heavy (non-hydrogen) atoms. The minimum Gasteiger partial charge on any atom is -0.395 e. The fraction of sp³-hybridized carbons (Fsp3) is 0.778. The van der Waals surface area contributed by atoms with Crippen molar-refractivity contribution in [3.8, 4) is 12.1 Å². The summed E-state index contributed by atoms with van der Waals surface area (Å²) in [6.45, 7) is 3.20. The van der Waals surface area contributed by atoms with E-state index in [-0.39, 0.29) is 12.6 Å². The standard InChI is InChI=1S/C9H15N3O/c1-9(8-13)12(6-2-4-10)7-3-5-11/h9,13H,2-3,6-8H2,1H3. The number of aliphatic hydroxyl groups excluding tert-OH is 1. The molecule has 0 aromatic carbocycles. The van der Waals surface area contributed by atoms with Gasteiger partial charge in [0.25, 0.3) is 0 Å². The molecule has 0 spiro atoms. The molecule has 0 bridgehead atoms. The number of rotatable bonds is 6. The average Bonchev–Trinajstić information content (AvgIpc) is 2.17. The maximum Gasteiger partial charge on any atom is 0.0635 e. The van der Waals surface area contributed by atoms with Crippen LogP contribution >= 0.6 is 0 Å². The van der Waals surface area contributed by atoms with E-state index >= 15 is 0 Å². The maximum atomic E-state index is 8.90. The van der Waals surface area contributed by atoms with Crippen LogP contribution in [0, 0.1) is 22.7 Å². The molecule has 0 fully saturated rings. The van der Waals surface area contributed by atoms with Gasteiger partial charge in [-0.05, 0) is 6.92 Å². The third kappa shape index (κ3) is 5.19. The molecule has 0 amide bonds. The van der Waals surface area contributed by atoms with Crippen LogP contribution in [0.1, 0.15) is 19.8 Å². The Hall–Kier alpha value is -1.10. The van der Waals surface area contributed by atoms with E-state index in [0.29, 0.717) is 25.9 Å². The molecule has 0 radical (unpaired) electrons. The summed E-state index contributed by atoms with van der Waals surface area (Å²) in [6.07, 6.45) is 0.880. The highest BCUT2D eigenvalue weighted by atomic mass is 16.3. The molecular formula is C9H15N3O. The van der Waals surface area contributed by atoms with Gasteiger partial charge in [0, 0.05) is 32.0 Å². The molecule has 0 aliphatic carbocycles. The molecule has 72 valence electrons. The summed E-state index contributed by atoms with van der Waals surface area (Å²) < 4.78 is 0. The number of nitriles is 2. The van der Waals surface area contributed by atoms with E-state index < -0.39 is 0 Å². The molecule has 4 nitrogen and oxygen atoms in total. The highest BCUT2D eigenvalue weighted by Crippen LogP contribution is 2.00. The topological polar surface area (TPSA) is 71.0 Å². The Bertz CT molecular complexity index is 186. The van der Waals surface area contributed by atoms with Gasteiger partial charge < -0.3 is 5.11 Å². The second-order valence-corrected chi connectivity index (χ2v) is 2.88. The van der Waals surface area contributed by atoms with Crippen molar-refractivity contribution < 1.29 is 5.11 Å². The van der Waals surface area contributed by atoms with E-state index in [1.54, 1.807) is 0 Å². The Kier molecular flexibility index (Phi) is 6.91. The Morgan fingerprint density at radius 3 is 2.00 bits per heavy atom. The van der Waals surface area contributed by atoms with Crippen molar-refractivity contribution in [2.45, 2.75) is 25.8 Å². The van der Waals surface area contributed by atoms with Crippen LogP contribution in [0.25, 0.3) is 0 Å². The quantitative estimate of drug-likeness (QED) is 0.647. The van der Waals surface area contributed by atoms with Crippen LogP contribution in [-0.2, 0) is 0 Å². The zero-order chi connectivity index (χ0) is 10.1. The van der Waals surface area contributed by atoms with Gasteiger partial charge in [-0.1, -0.05) is 0 Å². The molecule has 0 aliphatic heterocycles. The van der Waals surface area contributed by atoms with E-state index in [4.69, 9.17) is 15.6 Å². The van der Waals surface area contributed by atoms with Crippen LogP contribution in [0.15, 0.2) is 0 Å². The lowest BCUT2D eigenvalue weighted by Crippen LogP contribution is -2.37. The van der Waals surface area contributed by atoms with Gasteiger partial charge in [-0.2, -0.15) is 10.5 Å². The third-order valence-corrected chi connectivity index (χ3v) is 1.91. The van der Waals surface area contributed by atoms with Crippen molar-refractivity contribution in [3.05, 3.63) is 0 Å². The largest absolute Gasteiger partial charge is 0.395 e. The van der Waals surface area contributed by atoms with Gasteiger partial charge >= 0.3 is 0 Å². The monoisotopic (exact) mass is 181 g/mol. The fourth-order valence-electron chi connectivity index (χ4n) is 1.06. The summed E-state index contributed by atoms with van der Waals surface area (Å²) in [5, 5.41) is 25.7. The lowest BCUT2D eigenvalue weighted by atomic mass is 10.2. The molecule has 0 rings (SSSR count). The Balaban J connectivity index is 3.89. The highest BCUT2D eigenvalue weighted by molar-refractivity contribution is 4.78. The molecule has 0 heterocycles. The second-order valence-electron chi connectivity index (χ2n) is 2.88. The predicted molar refractivity (Wildman–Crippen MR) is 48.6 cm³/mol. The Morgan fingerprint density at radius 2 is 1.69 bits per heavy atom. The lowest BCUT2D eigenvalue weighted by molar-refractivity contribution is 0.138. The molecule has 0 saturated heterocycles. The maximum absolute atomic E-state index is 8.90. The highest BCUT2D eigenvalue weighted by Gasteiger charge is 2.11. The second kappa shape index (κ2) is 7.54. The van der Waals surface area contributed by atoms with Crippen LogP contribution < -0.4 is 0 Å². The van der Waals surface area contributed by atoms with E-state index in [2.05, 4.69) is 0 Å². The van der Waals surface area contributed by atoms with Crippen LogP contribution in [0.5, 0.6) is 0 Å². The molecule has 0 aromatic heterocycles. The van der Waals surface area contributed by atoms with Crippen LogP contribution in [-0.4, -0.2) is 35.7 Å². The van der Waals surface area contributed by atoms with E-state index in [1.165, 1.54) is 0 Å². The average molecular weight is 181 g/mol. The van der Waals surface area contributed by atoms with Crippen LogP contribution in [0.3, 0.4) is 0 Å². The predicted octanol–water partition coefficient (Wildman–Crippen LogP) is 0.497. The normalized spacial score (nSPS) is 12.1. The van der Waals surface area contributed by atoms with Crippen molar-refractivity contribution in [2.24, 2.45) is 0 Å². The number of hydrogen-bond donors (Lipinski definition) is 1. The van der Waals surface area contributed by atoms with Crippen molar-refractivity contribution in [1.29, 1.82) is 10.5 Å². The first-order chi connectivity index (χ1) is 6.26. The van der Waals surface area contributed by atoms with Gasteiger partial charge in [0.1, 0.15) is 0 Å². The van der Waals surface area contributed by atoms with Crippen LogP contribution in [0.4, 0.5) is 0 Å². The molecule has 0 saturated carbocycles. The molecule has 1 atom stereocenters. The molecule has 0 aliphatic rings. The van der Waals surface area contributed by atoms with E-state index in [1.807, 2.05) is 24.0 Å². The summed E-state index contributed by atoms with van der Waals surface area (Å²) in [5.41, 5.74) is 0. The number of nitrogens with zero attached hydrogens (tertiary/aromatic N) is 3. The molecule has 4 heteroatoms. The van der Waals surface area contributed by atoms with Crippen molar-refractivity contribution >= 4 is 0 Å². The SMILES string of the molecule is CC(CO)N(CCC#N)CCC#N. The number of aliphatic hydroxyl groups is 1. The minimum atomic E-state index is 0.0294. The molecular weight excluding hydrogens is 166 g/mol. The summed E-state index contributed by atoms with van der Waals surface area (Å²) in [7, 11) is 0. The Morgan fingerprint density at radius 1 is 1.23 bits per heavy atom. The van der Waals surface area contributed by atoms with Gasteiger partial charge in [-0.25, -0.2) is 0 Å². The zero-order valence-electron chi connectivity index (χ0n) is 7.90. The van der Waals surface area contributed by atoms with Crippen molar-refractivity contribution in [2.75, 3.05) is 19.7 Å². The van der Waals surface area contributed by atoms with Gasteiger partial charge in [-0.15, -0.1) is 0 Å². The van der Waals surface area contributed by atoms with Gasteiger partial charge in [0.05, 0.1) is 18.7 Å². The fourth-order valence-corrected chi connectivity index (χ4v) is 1.06. The summed E-state index contributed by atoms with van der Waals surface area (Å²) in [6, 6.07) is 4.12. The summed E-state index contributed by atoms with van der Waals surface area (Å²) in [4.78, 5) is 1.95. The molecule has 1 unspecified atom stereocenters.